The predicted octanol–water partition coefficient (Wildman–Crippen LogP) is 1.12. The predicted molar refractivity (Wildman–Crippen MR) is 67.1 cm³/mol. The molecule has 2 rings (SSSR count). The lowest BCUT2D eigenvalue weighted by atomic mass is 10.1. The Morgan fingerprint density at radius 3 is 2.61 bits per heavy atom. The second kappa shape index (κ2) is 4.87. The number of hydrogen-bond acceptors (Lipinski definition) is 4. The summed E-state index contributed by atoms with van der Waals surface area (Å²) in [7, 11) is -3.68. The summed E-state index contributed by atoms with van der Waals surface area (Å²) in [6.45, 7) is 4.80. The van der Waals surface area contributed by atoms with Gasteiger partial charge in [-0.2, -0.15) is 0 Å². The summed E-state index contributed by atoms with van der Waals surface area (Å²) < 4.78 is 33.8. The number of ether oxygens (including phenoxy) is 2. The highest BCUT2D eigenvalue weighted by atomic mass is 32.2. The summed E-state index contributed by atoms with van der Waals surface area (Å²) in [6.07, 6.45) is 0.901. The standard InChI is InChI=1S/C12H17NO4S/c1-8-6-12(18(13,14)15)9(2)5-11(8)17-10-3-4-16-7-10/h5-6,10H,3-4,7H2,1-2H3,(H2,13,14,15). The summed E-state index contributed by atoms with van der Waals surface area (Å²) in [4.78, 5) is 0.148. The fraction of sp³-hybridized carbons (Fsp3) is 0.500. The highest BCUT2D eigenvalue weighted by Crippen LogP contribution is 2.27. The van der Waals surface area contributed by atoms with Crippen molar-refractivity contribution >= 4 is 10.0 Å². The average Bonchev–Trinajstić information content (AvgIpc) is 2.74. The van der Waals surface area contributed by atoms with Crippen LogP contribution >= 0.6 is 0 Å². The Balaban J connectivity index is 2.30. The van der Waals surface area contributed by atoms with Gasteiger partial charge in [0.2, 0.25) is 10.0 Å². The van der Waals surface area contributed by atoms with Gasteiger partial charge in [-0.3, -0.25) is 0 Å². The van der Waals surface area contributed by atoms with Gasteiger partial charge in [-0.1, -0.05) is 0 Å². The van der Waals surface area contributed by atoms with Crippen molar-refractivity contribution in [3.8, 4) is 5.75 Å². The van der Waals surface area contributed by atoms with Crippen LogP contribution in [0, 0.1) is 13.8 Å². The number of aryl methyl sites for hydroxylation is 2. The molecule has 0 aliphatic carbocycles. The molecule has 0 aromatic heterocycles. The van der Waals surface area contributed by atoms with E-state index in [0.29, 0.717) is 24.5 Å². The third kappa shape index (κ3) is 2.82. The first-order chi connectivity index (χ1) is 8.38. The van der Waals surface area contributed by atoms with Gasteiger partial charge in [0.15, 0.2) is 0 Å². The van der Waals surface area contributed by atoms with Crippen LogP contribution in [-0.4, -0.2) is 27.7 Å². The minimum absolute atomic E-state index is 0.0448. The Bertz CT molecular complexity index is 547. The Morgan fingerprint density at radius 1 is 1.33 bits per heavy atom. The van der Waals surface area contributed by atoms with Crippen LogP contribution in [0.2, 0.25) is 0 Å². The molecule has 2 N–H and O–H groups in total. The molecule has 1 fully saturated rings. The van der Waals surface area contributed by atoms with E-state index >= 15 is 0 Å². The van der Waals surface area contributed by atoms with Crippen molar-refractivity contribution < 1.29 is 17.9 Å². The third-order valence-corrected chi connectivity index (χ3v) is 4.01. The van der Waals surface area contributed by atoms with Gasteiger partial charge in [-0.25, -0.2) is 13.6 Å². The molecule has 1 aromatic carbocycles. The molecule has 0 amide bonds. The molecular formula is C12H17NO4S. The average molecular weight is 271 g/mol. The molecule has 0 saturated carbocycles. The summed E-state index contributed by atoms with van der Waals surface area (Å²) >= 11 is 0. The van der Waals surface area contributed by atoms with Crippen molar-refractivity contribution in [3.63, 3.8) is 0 Å². The third-order valence-electron chi connectivity index (χ3n) is 2.96. The van der Waals surface area contributed by atoms with Gasteiger partial charge >= 0.3 is 0 Å². The summed E-state index contributed by atoms with van der Waals surface area (Å²) in [5.41, 5.74) is 1.36. The van der Waals surface area contributed by atoms with Crippen molar-refractivity contribution in [2.45, 2.75) is 31.3 Å². The van der Waals surface area contributed by atoms with Crippen molar-refractivity contribution in [2.75, 3.05) is 13.2 Å². The van der Waals surface area contributed by atoms with Gasteiger partial charge in [0, 0.05) is 6.42 Å². The molecule has 1 heterocycles. The van der Waals surface area contributed by atoms with E-state index in [4.69, 9.17) is 14.6 Å². The Morgan fingerprint density at radius 2 is 2.06 bits per heavy atom. The molecule has 18 heavy (non-hydrogen) atoms. The van der Waals surface area contributed by atoms with Crippen molar-refractivity contribution in [1.82, 2.24) is 0 Å². The maximum absolute atomic E-state index is 11.4. The molecule has 100 valence electrons. The minimum Gasteiger partial charge on any atom is -0.488 e. The normalized spacial score (nSPS) is 20.1. The van der Waals surface area contributed by atoms with E-state index in [1.165, 1.54) is 0 Å². The van der Waals surface area contributed by atoms with Crippen molar-refractivity contribution in [3.05, 3.63) is 23.3 Å². The second-order valence-corrected chi connectivity index (χ2v) is 6.06. The quantitative estimate of drug-likeness (QED) is 0.893. The molecule has 1 aliphatic heterocycles. The smallest absolute Gasteiger partial charge is 0.238 e. The van der Waals surface area contributed by atoms with Crippen LogP contribution in [0.4, 0.5) is 0 Å². The van der Waals surface area contributed by atoms with Gasteiger partial charge < -0.3 is 9.47 Å². The largest absolute Gasteiger partial charge is 0.488 e. The van der Waals surface area contributed by atoms with E-state index in [-0.39, 0.29) is 11.0 Å². The van der Waals surface area contributed by atoms with Crippen LogP contribution in [0.3, 0.4) is 0 Å². The molecule has 0 spiro atoms. The monoisotopic (exact) mass is 271 g/mol. The lowest BCUT2D eigenvalue weighted by molar-refractivity contribution is 0.141. The maximum atomic E-state index is 11.4. The molecule has 1 atom stereocenters. The fourth-order valence-electron chi connectivity index (χ4n) is 1.98. The Hall–Kier alpha value is -1.11. The second-order valence-electron chi connectivity index (χ2n) is 4.53. The van der Waals surface area contributed by atoms with E-state index in [0.717, 1.165) is 12.0 Å². The van der Waals surface area contributed by atoms with E-state index in [1.807, 2.05) is 0 Å². The van der Waals surface area contributed by atoms with Gasteiger partial charge in [0.25, 0.3) is 0 Å². The summed E-state index contributed by atoms with van der Waals surface area (Å²) in [6, 6.07) is 3.27. The first kappa shape index (κ1) is 13.3. The fourth-order valence-corrected chi connectivity index (χ4v) is 2.83. The molecule has 0 bridgehead atoms. The van der Waals surface area contributed by atoms with Crippen LogP contribution in [0.5, 0.6) is 5.75 Å². The molecule has 0 radical (unpaired) electrons. The zero-order chi connectivity index (χ0) is 13.3. The van der Waals surface area contributed by atoms with Gasteiger partial charge in [0.1, 0.15) is 11.9 Å². The first-order valence-corrected chi connectivity index (χ1v) is 7.31. The van der Waals surface area contributed by atoms with Crippen LogP contribution < -0.4 is 9.88 Å². The minimum atomic E-state index is -3.68. The topological polar surface area (TPSA) is 78.6 Å². The van der Waals surface area contributed by atoms with Crippen LogP contribution in [0.25, 0.3) is 0 Å². The Labute approximate surface area is 107 Å². The lowest BCUT2D eigenvalue weighted by Gasteiger charge is -2.16. The molecule has 1 aliphatic rings. The van der Waals surface area contributed by atoms with E-state index in [9.17, 15) is 8.42 Å². The van der Waals surface area contributed by atoms with E-state index in [1.54, 1.807) is 26.0 Å². The zero-order valence-corrected chi connectivity index (χ0v) is 11.3. The molecule has 1 unspecified atom stereocenters. The number of benzene rings is 1. The SMILES string of the molecule is Cc1cc(S(N)(=O)=O)c(C)cc1OC1CCOC1. The highest BCUT2D eigenvalue weighted by Gasteiger charge is 2.20. The summed E-state index contributed by atoms with van der Waals surface area (Å²) in [5, 5.41) is 5.15. The number of rotatable bonds is 3. The van der Waals surface area contributed by atoms with E-state index in [2.05, 4.69) is 0 Å². The molecule has 1 saturated heterocycles. The van der Waals surface area contributed by atoms with Crippen molar-refractivity contribution in [2.24, 2.45) is 5.14 Å². The number of nitrogens with two attached hydrogens (primary N) is 1. The van der Waals surface area contributed by atoms with E-state index < -0.39 is 10.0 Å². The number of sulfonamides is 1. The number of primary sulfonamides is 1. The van der Waals surface area contributed by atoms with Gasteiger partial charge in [0.05, 0.1) is 18.1 Å². The molecule has 6 heteroatoms. The Kier molecular flexibility index (Phi) is 3.61. The lowest BCUT2D eigenvalue weighted by Crippen LogP contribution is -2.18. The highest BCUT2D eigenvalue weighted by molar-refractivity contribution is 7.89. The van der Waals surface area contributed by atoms with Gasteiger partial charge in [-0.15, -0.1) is 0 Å². The van der Waals surface area contributed by atoms with Crippen LogP contribution in [0.15, 0.2) is 17.0 Å². The number of hydrogen-bond donors (Lipinski definition) is 1. The molecule has 5 nitrogen and oxygen atoms in total. The van der Waals surface area contributed by atoms with Crippen molar-refractivity contribution in [1.29, 1.82) is 0 Å². The first-order valence-electron chi connectivity index (χ1n) is 5.76. The molecular weight excluding hydrogens is 254 g/mol. The van der Waals surface area contributed by atoms with Gasteiger partial charge in [-0.05, 0) is 37.1 Å². The maximum Gasteiger partial charge on any atom is 0.238 e. The van der Waals surface area contributed by atoms with Crippen LogP contribution in [-0.2, 0) is 14.8 Å². The molecule has 1 aromatic rings. The van der Waals surface area contributed by atoms with Crippen LogP contribution in [0.1, 0.15) is 17.5 Å². The zero-order valence-electron chi connectivity index (χ0n) is 10.5. The summed E-state index contributed by atoms with van der Waals surface area (Å²) in [5.74, 6) is 0.690.